The average molecular weight is 339 g/mol. The molecule has 0 aliphatic carbocycles. The SMILES string of the molecule is CC(C)(C)c1ccc(CCC(=O)Nc2cccc(NC(N)=O)c2)cc1. The first kappa shape index (κ1) is 18.5. The number of urea groups is 1. The van der Waals surface area contributed by atoms with E-state index in [0.717, 1.165) is 5.56 Å². The Morgan fingerprint density at radius 1 is 0.960 bits per heavy atom. The van der Waals surface area contributed by atoms with Crippen LogP contribution in [-0.2, 0) is 16.6 Å². The van der Waals surface area contributed by atoms with Crippen LogP contribution >= 0.6 is 0 Å². The Hall–Kier alpha value is -2.82. The summed E-state index contributed by atoms with van der Waals surface area (Å²) in [6.45, 7) is 6.53. The summed E-state index contributed by atoms with van der Waals surface area (Å²) in [5, 5.41) is 5.31. The lowest BCUT2D eigenvalue weighted by molar-refractivity contribution is -0.116. The van der Waals surface area contributed by atoms with Crippen molar-refractivity contribution in [2.24, 2.45) is 5.73 Å². The summed E-state index contributed by atoms with van der Waals surface area (Å²) >= 11 is 0. The summed E-state index contributed by atoms with van der Waals surface area (Å²) < 4.78 is 0. The molecule has 4 N–H and O–H groups in total. The number of anilines is 2. The molecule has 2 aromatic carbocycles. The van der Waals surface area contributed by atoms with E-state index in [9.17, 15) is 9.59 Å². The third-order valence-corrected chi connectivity index (χ3v) is 3.87. The van der Waals surface area contributed by atoms with Crippen molar-refractivity contribution in [2.75, 3.05) is 10.6 Å². The highest BCUT2D eigenvalue weighted by atomic mass is 16.2. The lowest BCUT2D eigenvalue weighted by atomic mass is 9.86. The van der Waals surface area contributed by atoms with Crippen LogP contribution in [0.5, 0.6) is 0 Å². The third-order valence-electron chi connectivity index (χ3n) is 3.87. The maximum atomic E-state index is 12.1. The summed E-state index contributed by atoms with van der Waals surface area (Å²) in [6, 6.07) is 14.6. The standard InChI is InChI=1S/C20H25N3O2/c1-20(2,3)15-10-7-14(8-11-15)9-12-18(24)22-16-5-4-6-17(13-16)23-19(21)25/h4-8,10-11,13H,9,12H2,1-3H3,(H,22,24)(H3,21,23,25). The molecule has 132 valence electrons. The number of carbonyl (C=O) groups excluding carboxylic acids is 2. The van der Waals surface area contributed by atoms with Gasteiger partial charge in [-0.2, -0.15) is 0 Å². The Kier molecular flexibility index (Phi) is 5.80. The van der Waals surface area contributed by atoms with Crippen molar-refractivity contribution in [3.8, 4) is 0 Å². The van der Waals surface area contributed by atoms with Crippen molar-refractivity contribution in [1.82, 2.24) is 0 Å². The van der Waals surface area contributed by atoms with Gasteiger partial charge in [-0.15, -0.1) is 0 Å². The molecule has 0 atom stereocenters. The highest BCUT2D eigenvalue weighted by molar-refractivity contribution is 5.93. The predicted octanol–water partition coefficient (Wildman–Crippen LogP) is 4.05. The topological polar surface area (TPSA) is 84.2 Å². The summed E-state index contributed by atoms with van der Waals surface area (Å²) in [5.74, 6) is -0.0730. The molecule has 0 saturated carbocycles. The molecule has 0 heterocycles. The molecule has 5 nitrogen and oxygen atoms in total. The number of rotatable bonds is 5. The molecule has 3 amide bonds. The summed E-state index contributed by atoms with van der Waals surface area (Å²) in [4.78, 5) is 23.0. The van der Waals surface area contributed by atoms with Crippen molar-refractivity contribution in [2.45, 2.75) is 39.0 Å². The minimum atomic E-state index is -0.637. The van der Waals surface area contributed by atoms with Crippen LogP contribution in [0.4, 0.5) is 16.2 Å². The number of primary amides is 1. The molecule has 25 heavy (non-hydrogen) atoms. The molecule has 2 rings (SSSR count). The number of amides is 3. The second-order valence-electron chi connectivity index (χ2n) is 7.07. The number of hydrogen-bond acceptors (Lipinski definition) is 2. The smallest absolute Gasteiger partial charge is 0.316 e. The predicted molar refractivity (Wildman–Crippen MR) is 102 cm³/mol. The number of nitrogens with two attached hydrogens (primary N) is 1. The van der Waals surface area contributed by atoms with E-state index in [2.05, 4.69) is 55.7 Å². The molecule has 0 bridgehead atoms. The summed E-state index contributed by atoms with van der Waals surface area (Å²) in [6.07, 6.45) is 1.07. The van der Waals surface area contributed by atoms with Crippen LogP contribution < -0.4 is 16.4 Å². The Morgan fingerprint density at radius 2 is 1.56 bits per heavy atom. The number of hydrogen-bond donors (Lipinski definition) is 3. The zero-order valence-corrected chi connectivity index (χ0v) is 14.9. The fourth-order valence-corrected chi connectivity index (χ4v) is 2.47. The van der Waals surface area contributed by atoms with Gasteiger partial charge in [-0.3, -0.25) is 4.79 Å². The van der Waals surface area contributed by atoms with Crippen molar-refractivity contribution < 1.29 is 9.59 Å². The number of carbonyl (C=O) groups is 2. The zero-order valence-electron chi connectivity index (χ0n) is 14.9. The first-order chi connectivity index (χ1) is 11.7. The molecule has 0 aromatic heterocycles. The van der Waals surface area contributed by atoms with Gasteiger partial charge in [-0.1, -0.05) is 51.1 Å². The molecular weight excluding hydrogens is 314 g/mol. The van der Waals surface area contributed by atoms with E-state index in [1.54, 1.807) is 24.3 Å². The highest BCUT2D eigenvalue weighted by Crippen LogP contribution is 2.22. The summed E-state index contributed by atoms with van der Waals surface area (Å²) in [5.41, 5.74) is 8.79. The van der Waals surface area contributed by atoms with Crippen molar-refractivity contribution in [3.63, 3.8) is 0 Å². The van der Waals surface area contributed by atoms with E-state index in [1.165, 1.54) is 5.56 Å². The lowest BCUT2D eigenvalue weighted by Gasteiger charge is -2.19. The Bertz CT molecular complexity index is 746. The maximum Gasteiger partial charge on any atom is 0.316 e. The summed E-state index contributed by atoms with van der Waals surface area (Å²) in [7, 11) is 0. The molecule has 0 unspecified atom stereocenters. The van der Waals surface area contributed by atoms with E-state index >= 15 is 0 Å². The Labute approximate surface area is 148 Å². The monoisotopic (exact) mass is 339 g/mol. The molecule has 0 aliphatic heterocycles. The molecule has 0 saturated heterocycles. The van der Waals surface area contributed by atoms with E-state index < -0.39 is 6.03 Å². The molecule has 0 aliphatic rings. The third kappa shape index (κ3) is 5.95. The van der Waals surface area contributed by atoms with Crippen LogP contribution in [-0.4, -0.2) is 11.9 Å². The fourth-order valence-electron chi connectivity index (χ4n) is 2.47. The normalized spacial score (nSPS) is 11.0. The van der Waals surface area contributed by atoms with E-state index in [1.807, 2.05) is 0 Å². The van der Waals surface area contributed by atoms with Gasteiger partial charge in [0.05, 0.1) is 0 Å². The molecule has 5 heteroatoms. The minimum absolute atomic E-state index is 0.0730. The molecule has 0 radical (unpaired) electrons. The van der Waals surface area contributed by atoms with E-state index in [-0.39, 0.29) is 11.3 Å². The molecule has 0 fully saturated rings. The molecule has 2 aromatic rings. The van der Waals surface area contributed by atoms with Gasteiger partial charge >= 0.3 is 6.03 Å². The first-order valence-electron chi connectivity index (χ1n) is 8.30. The highest BCUT2D eigenvalue weighted by Gasteiger charge is 2.13. The van der Waals surface area contributed by atoms with Gasteiger partial charge in [-0.25, -0.2) is 4.79 Å². The second kappa shape index (κ2) is 7.83. The number of aryl methyl sites for hydroxylation is 1. The Balaban J connectivity index is 1.89. The van der Waals surface area contributed by atoms with Crippen LogP contribution in [0.2, 0.25) is 0 Å². The van der Waals surface area contributed by atoms with Gasteiger partial charge in [-0.05, 0) is 41.2 Å². The minimum Gasteiger partial charge on any atom is -0.351 e. The zero-order chi connectivity index (χ0) is 18.4. The van der Waals surface area contributed by atoms with Gasteiger partial charge in [0, 0.05) is 17.8 Å². The van der Waals surface area contributed by atoms with Crippen molar-refractivity contribution in [1.29, 1.82) is 0 Å². The fraction of sp³-hybridized carbons (Fsp3) is 0.300. The van der Waals surface area contributed by atoms with E-state index in [0.29, 0.717) is 24.2 Å². The van der Waals surface area contributed by atoms with Gasteiger partial charge in [0.15, 0.2) is 0 Å². The molecular formula is C20H25N3O2. The second-order valence-corrected chi connectivity index (χ2v) is 7.07. The maximum absolute atomic E-state index is 12.1. The number of nitrogens with one attached hydrogen (secondary N) is 2. The van der Waals surface area contributed by atoms with Gasteiger partial charge in [0.25, 0.3) is 0 Å². The largest absolute Gasteiger partial charge is 0.351 e. The van der Waals surface area contributed by atoms with Crippen LogP contribution in [0.3, 0.4) is 0 Å². The number of benzene rings is 2. The van der Waals surface area contributed by atoms with Crippen LogP contribution in [0, 0.1) is 0 Å². The van der Waals surface area contributed by atoms with Crippen LogP contribution in [0.1, 0.15) is 38.3 Å². The van der Waals surface area contributed by atoms with Gasteiger partial charge in [0.2, 0.25) is 5.91 Å². The van der Waals surface area contributed by atoms with E-state index in [4.69, 9.17) is 5.73 Å². The first-order valence-corrected chi connectivity index (χ1v) is 8.30. The average Bonchev–Trinajstić information content (AvgIpc) is 2.52. The van der Waals surface area contributed by atoms with Gasteiger partial charge in [0.1, 0.15) is 0 Å². The van der Waals surface area contributed by atoms with Crippen molar-refractivity contribution in [3.05, 3.63) is 59.7 Å². The van der Waals surface area contributed by atoms with Gasteiger partial charge < -0.3 is 16.4 Å². The quantitative estimate of drug-likeness (QED) is 0.768. The Morgan fingerprint density at radius 3 is 2.12 bits per heavy atom. The van der Waals surface area contributed by atoms with Crippen LogP contribution in [0.25, 0.3) is 0 Å². The van der Waals surface area contributed by atoms with Crippen LogP contribution in [0.15, 0.2) is 48.5 Å². The van der Waals surface area contributed by atoms with Crippen molar-refractivity contribution >= 4 is 23.3 Å². The molecule has 0 spiro atoms. The lowest BCUT2D eigenvalue weighted by Crippen LogP contribution is -2.19.